The first-order valence-electron chi connectivity index (χ1n) is 4.39. The number of nitrogens with one attached hydrogen (secondary N) is 1. The van der Waals surface area contributed by atoms with Crippen molar-refractivity contribution in [1.29, 1.82) is 0 Å². The van der Waals surface area contributed by atoms with Gasteiger partial charge in [0.05, 0.1) is 6.04 Å². The van der Waals surface area contributed by atoms with Crippen LogP contribution in [0, 0.1) is 19.3 Å². The summed E-state index contributed by atoms with van der Waals surface area (Å²) >= 11 is 5.71. The molecular weight excluding hydrogens is 198 g/mol. The third-order valence-electron chi connectivity index (χ3n) is 1.76. The molecule has 4 heteroatoms. The Labute approximate surface area is 88.9 Å². The Morgan fingerprint density at radius 3 is 2.86 bits per heavy atom. The van der Waals surface area contributed by atoms with Gasteiger partial charge in [-0.3, -0.25) is 0 Å². The fraction of sp³-hybridized carbons (Fsp3) is 0.400. The Hall–Kier alpha value is -1.27. The Morgan fingerprint density at radius 1 is 1.64 bits per heavy atom. The van der Waals surface area contributed by atoms with E-state index in [0.29, 0.717) is 5.82 Å². The van der Waals surface area contributed by atoms with Crippen LogP contribution in [0.25, 0.3) is 0 Å². The van der Waals surface area contributed by atoms with Crippen LogP contribution in [0.3, 0.4) is 0 Å². The molecule has 0 aromatic carbocycles. The van der Waals surface area contributed by atoms with E-state index >= 15 is 0 Å². The first-order valence-corrected chi connectivity index (χ1v) is 4.77. The van der Waals surface area contributed by atoms with E-state index in [2.05, 4.69) is 21.2 Å². The van der Waals surface area contributed by atoms with Gasteiger partial charge in [-0.1, -0.05) is 12.8 Å². The van der Waals surface area contributed by atoms with Gasteiger partial charge in [0.25, 0.3) is 0 Å². The normalized spacial score (nSPS) is 11.9. The summed E-state index contributed by atoms with van der Waals surface area (Å²) in [7, 11) is 0. The Kier molecular flexibility index (Phi) is 3.73. The Balaban J connectivity index is 2.82. The van der Waals surface area contributed by atoms with E-state index in [-0.39, 0.29) is 11.3 Å². The van der Waals surface area contributed by atoms with Crippen molar-refractivity contribution in [1.82, 2.24) is 9.97 Å². The van der Waals surface area contributed by atoms with Crippen LogP contribution >= 0.6 is 11.6 Å². The SMILES string of the molecule is C#CC(CC)Nc1cc(C)nc(Cl)n1. The molecule has 1 aromatic rings. The summed E-state index contributed by atoms with van der Waals surface area (Å²) in [4.78, 5) is 7.97. The van der Waals surface area contributed by atoms with Crippen molar-refractivity contribution in [2.45, 2.75) is 26.3 Å². The van der Waals surface area contributed by atoms with Crippen molar-refractivity contribution >= 4 is 17.4 Å². The lowest BCUT2D eigenvalue weighted by molar-refractivity contribution is 0.848. The lowest BCUT2D eigenvalue weighted by Gasteiger charge is -2.11. The van der Waals surface area contributed by atoms with Crippen molar-refractivity contribution in [3.8, 4) is 12.3 Å². The van der Waals surface area contributed by atoms with Crippen molar-refractivity contribution in [3.05, 3.63) is 17.0 Å². The molecule has 1 N–H and O–H groups in total. The number of nitrogens with zero attached hydrogens (tertiary/aromatic N) is 2. The molecule has 0 saturated carbocycles. The highest BCUT2D eigenvalue weighted by atomic mass is 35.5. The fourth-order valence-electron chi connectivity index (χ4n) is 1.05. The van der Waals surface area contributed by atoms with Crippen LogP contribution in [-0.4, -0.2) is 16.0 Å². The molecule has 0 saturated heterocycles. The molecule has 1 unspecified atom stereocenters. The maximum absolute atomic E-state index is 5.71. The Bertz CT molecular complexity index is 337. The van der Waals surface area contributed by atoms with E-state index in [4.69, 9.17) is 18.0 Å². The molecule has 3 nitrogen and oxygen atoms in total. The van der Waals surface area contributed by atoms with Gasteiger partial charge in [-0.05, 0) is 24.9 Å². The van der Waals surface area contributed by atoms with Crippen LogP contribution in [0.4, 0.5) is 5.82 Å². The molecule has 14 heavy (non-hydrogen) atoms. The highest BCUT2D eigenvalue weighted by Gasteiger charge is 2.04. The minimum atomic E-state index is -0.0135. The third kappa shape index (κ3) is 2.90. The number of hydrogen-bond donors (Lipinski definition) is 1. The molecule has 0 aliphatic carbocycles. The van der Waals surface area contributed by atoms with Crippen molar-refractivity contribution < 1.29 is 0 Å². The summed E-state index contributed by atoms with van der Waals surface area (Å²) in [6.07, 6.45) is 6.16. The Morgan fingerprint density at radius 2 is 2.36 bits per heavy atom. The zero-order chi connectivity index (χ0) is 10.6. The van der Waals surface area contributed by atoms with Crippen LogP contribution in [-0.2, 0) is 0 Å². The molecular formula is C10H12ClN3. The van der Waals surface area contributed by atoms with Crippen LogP contribution in [0.15, 0.2) is 6.07 Å². The number of aryl methyl sites for hydroxylation is 1. The van der Waals surface area contributed by atoms with Gasteiger partial charge in [0.2, 0.25) is 5.28 Å². The zero-order valence-electron chi connectivity index (χ0n) is 8.21. The summed E-state index contributed by atoms with van der Waals surface area (Å²) in [5, 5.41) is 3.32. The summed E-state index contributed by atoms with van der Waals surface area (Å²) in [5.74, 6) is 3.30. The number of aromatic nitrogens is 2. The minimum absolute atomic E-state index is 0.0135. The number of terminal acetylenes is 1. The molecule has 1 atom stereocenters. The van der Waals surface area contributed by atoms with E-state index in [0.717, 1.165) is 12.1 Å². The molecule has 0 aliphatic heterocycles. The van der Waals surface area contributed by atoms with Gasteiger partial charge in [0, 0.05) is 11.8 Å². The smallest absolute Gasteiger partial charge is 0.224 e. The second-order valence-corrected chi connectivity index (χ2v) is 3.27. The van der Waals surface area contributed by atoms with Gasteiger partial charge < -0.3 is 5.32 Å². The van der Waals surface area contributed by atoms with E-state index < -0.39 is 0 Å². The molecule has 74 valence electrons. The second kappa shape index (κ2) is 4.83. The molecule has 0 spiro atoms. The lowest BCUT2D eigenvalue weighted by Crippen LogP contribution is -2.16. The highest BCUT2D eigenvalue weighted by Crippen LogP contribution is 2.11. The largest absolute Gasteiger partial charge is 0.356 e. The quantitative estimate of drug-likeness (QED) is 0.613. The third-order valence-corrected chi connectivity index (χ3v) is 1.93. The summed E-state index contributed by atoms with van der Waals surface area (Å²) in [6.45, 7) is 3.86. The topological polar surface area (TPSA) is 37.8 Å². The second-order valence-electron chi connectivity index (χ2n) is 2.94. The maximum Gasteiger partial charge on any atom is 0.224 e. The monoisotopic (exact) mass is 209 g/mol. The minimum Gasteiger partial charge on any atom is -0.356 e. The van der Waals surface area contributed by atoms with Crippen LogP contribution in [0.5, 0.6) is 0 Å². The van der Waals surface area contributed by atoms with Crippen LogP contribution in [0.1, 0.15) is 19.0 Å². The predicted molar refractivity (Wildman–Crippen MR) is 58.3 cm³/mol. The van der Waals surface area contributed by atoms with E-state index in [1.54, 1.807) is 0 Å². The average Bonchev–Trinajstić information content (AvgIpc) is 2.12. The molecule has 0 fully saturated rings. The van der Waals surface area contributed by atoms with Gasteiger partial charge in [-0.2, -0.15) is 0 Å². The fourth-order valence-corrected chi connectivity index (χ4v) is 1.27. The number of hydrogen-bond acceptors (Lipinski definition) is 3. The van der Waals surface area contributed by atoms with Gasteiger partial charge >= 0.3 is 0 Å². The molecule has 1 heterocycles. The number of halogens is 1. The molecule has 1 rings (SSSR count). The van der Waals surface area contributed by atoms with Crippen molar-refractivity contribution in [3.63, 3.8) is 0 Å². The van der Waals surface area contributed by atoms with Crippen molar-refractivity contribution in [2.75, 3.05) is 5.32 Å². The van der Waals surface area contributed by atoms with Crippen LogP contribution < -0.4 is 5.32 Å². The summed E-state index contributed by atoms with van der Waals surface area (Å²) in [6, 6.07) is 1.80. The maximum atomic E-state index is 5.71. The van der Waals surface area contributed by atoms with Gasteiger partial charge in [0.15, 0.2) is 0 Å². The van der Waals surface area contributed by atoms with E-state index in [1.165, 1.54) is 0 Å². The zero-order valence-corrected chi connectivity index (χ0v) is 8.97. The first kappa shape index (κ1) is 10.8. The predicted octanol–water partition coefficient (Wildman–Crippen LogP) is 2.26. The molecule has 0 amide bonds. The van der Waals surface area contributed by atoms with Gasteiger partial charge in [0.1, 0.15) is 5.82 Å². The molecule has 0 bridgehead atoms. The van der Waals surface area contributed by atoms with Gasteiger partial charge in [-0.25, -0.2) is 9.97 Å². The summed E-state index contributed by atoms with van der Waals surface area (Å²) < 4.78 is 0. The van der Waals surface area contributed by atoms with Crippen LogP contribution in [0.2, 0.25) is 5.28 Å². The van der Waals surface area contributed by atoms with E-state index in [1.807, 2.05) is 19.9 Å². The molecule has 0 aliphatic rings. The number of anilines is 1. The molecule has 0 radical (unpaired) electrons. The lowest BCUT2D eigenvalue weighted by atomic mass is 10.2. The molecule has 1 aromatic heterocycles. The average molecular weight is 210 g/mol. The standard InChI is InChI=1S/C10H12ClN3/c1-4-8(5-2)13-9-6-7(3)12-10(11)14-9/h1,6,8H,5H2,2-3H3,(H,12,13,14). The number of rotatable bonds is 3. The highest BCUT2D eigenvalue weighted by molar-refractivity contribution is 6.28. The summed E-state index contributed by atoms with van der Waals surface area (Å²) in [5.41, 5.74) is 0.819. The van der Waals surface area contributed by atoms with E-state index in [9.17, 15) is 0 Å². The van der Waals surface area contributed by atoms with Crippen molar-refractivity contribution in [2.24, 2.45) is 0 Å². The first-order chi connectivity index (χ1) is 6.65. The van der Waals surface area contributed by atoms with Gasteiger partial charge in [-0.15, -0.1) is 6.42 Å².